The molecule has 0 fully saturated rings. The van der Waals surface area contributed by atoms with Crippen molar-refractivity contribution in [1.29, 1.82) is 0 Å². The third kappa shape index (κ3) is 4.48. The molecule has 0 aliphatic heterocycles. The summed E-state index contributed by atoms with van der Waals surface area (Å²) in [5.74, 6) is -0.0940. The molecule has 0 aromatic heterocycles. The number of halogens is 1. The molecule has 0 radical (unpaired) electrons. The quantitative estimate of drug-likeness (QED) is 0.878. The fourth-order valence-electron chi connectivity index (χ4n) is 1.45. The minimum atomic E-state index is -0.0940. The van der Waals surface area contributed by atoms with Crippen molar-refractivity contribution >= 4 is 21.8 Å². The molecule has 1 rings (SSSR count). The fraction of sp³-hybridized carbons (Fsp3) is 0.462. The Morgan fingerprint density at radius 1 is 1.41 bits per heavy atom. The normalized spacial score (nSPS) is 11.3. The van der Waals surface area contributed by atoms with Crippen molar-refractivity contribution in [2.24, 2.45) is 5.41 Å². The summed E-state index contributed by atoms with van der Waals surface area (Å²) >= 11 is 3.35. The first kappa shape index (κ1) is 14.2. The molecule has 0 saturated carbocycles. The molecule has 0 aliphatic carbocycles. The Kier molecular flexibility index (Phi) is 5.15. The highest BCUT2D eigenvalue weighted by Gasteiger charge is 2.19. The smallest absolute Gasteiger partial charge is 0.252 e. The van der Waals surface area contributed by atoms with Gasteiger partial charge in [0.1, 0.15) is 0 Å². The van der Waals surface area contributed by atoms with Gasteiger partial charge >= 0.3 is 0 Å². The van der Waals surface area contributed by atoms with Crippen molar-refractivity contribution in [3.8, 4) is 0 Å². The minimum absolute atomic E-state index is 0.0916. The number of carbonyl (C=O) groups is 1. The van der Waals surface area contributed by atoms with E-state index < -0.39 is 0 Å². The molecule has 0 atom stereocenters. The molecule has 2 N–H and O–H groups in total. The molecular formula is C13H18BrNO2. The highest BCUT2D eigenvalue weighted by atomic mass is 79.9. The first-order chi connectivity index (χ1) is 7.96. The van der Waals surface area contributed by atoms with Gasteiger partial charge in [0.05, 0.1) is 5.56 Å². The second-order valence-electron chi connectivity index (χ2n) is 4.80. The minimum Gasteiger partial charge on any atom is -0.396 e. The van der Waals surface area contributed by atoms with Crippen LogP contribution in [0.25, 0.3) is 0 Å². The van der Waals surface area contributed by atoms with Gasteiger partial charge in [-0.25, -0.2) is 0 Å². The van der Waals surface area contributed by atoms with E-state index in [0.29, 0.717) is 18.5 Å². The Morgan fingerprint density at radius 3 is 2.65 bits per heavy atom. The number of nitrogens with one attached hydrogen (secondary N) is 1. The van der Waals surface area contributed by atoms with Crippen molar-refractivity contribution in [2.75, 3.05) is 13.2 Å². The predicted octanol–water partition coefficient (Wildman–Crippen LogP) is 2.59. The number of aliphatic hydroxyl groups is 1. The van der Waals surface area contributed by atoms with Gasteiger partial charge in [-0.05, 0) is 39.9 Å². The number of carbonyl (C=O) groups excluding carboxylic acids is 1. The molecule has 94 valence electrons. The maximum atomic E-state index is 11.9. The molecule has 0 aliphatic rings. The van der Waals surface area contributed by atoms with Crippen LogP contribution >= 0.6 is 15.9 Å². The first-order valence-corrected chi connectivity index (χ1v) is 6.39. The number of hydrogen-bond donors (Lipinski definition) is 2. The Bertz CT molecular complexity index is 391. The predicted molar refractivity (Wildman–Crippen MR) is 72.0 cm³/mol. The Hall–Kier alpha value is -0.870. The Labute approximate surface area is 110 Å². The lowest BCUT2D eigenvalue weighted by atomic mass is 9.89. The second kappa shape index (κ2) is 6.17. The van der Waals surface area contributed by atoms with E-state index in [0.717, 1.165) is 4.47 Å². The van der Waals surface area contributed by atoms with E-state index in [2.05, 4.69) is 21.2 Å². The summed E-state index contributed by atoms with van der Waals surface area (Å²) in [6.45, 7) is 4.72. The van der Waals surface area contributed by atoms with E-state index in [9.17, 15) is 4.79 Å². The van der Waals surface area contributed by atoms with E-state index in [-0.39, 0.29) is 17.9 Å². The highest BCUT2D eigenvalue weighted by molar-refractivity contribution is 9.10. The summed E-state index contributed by atoms with van der Waals surface area (Å²) in [7, 11) is 0. The van der Waals surface area contributed by atoms with Crippen molar-refractivity contribution < 1.29 is 9.90 Å². The zero-order chi connectivity index (χ0) is 12.9. The topological polar surface area (TPSA) is 49.3 Å². The van der Waals surface area contributed by atoms with Crippen molar-refractivity contribution in [1.82, 2.24) is 5.32 Å². The van der Waals surface area contributed by atoms with Crippen molar-refractivity contribution in [3.63, 3.8) is 0 Å². The summed E-state index contributed by atoms with van der Waals surface area (Å²) in [6, 6.07) is 7.32. The summed E-state index contributed by atoms with van der Waals surface area (Å²) in [5.41, 5.74) is 0.540. The van der Waals surface area contributed by atoms with Crippen LogP contribution < -0.4 is 5.32 Å². The molecule has 1 aromatic carbocycles. The lowest BCUT2D eigenvalue weighted by Crippen LogP contribution is -2.34. The molecular weight excluding hydrogens is 282 g/mol. The number of aliphatic hydroxyl groups excluding tert-OH is 1. The third-order valence-corrected chi connectivity index (χ3v) is 3.33. The molecule has 17 heavy (non-hydrogen) atoms. The number of hydrogen-bond acceptors (Lipinski definition) is 2. The second-order valence-corrected chi connectivity index (χ2v) is 5.65. The summed E-state index contributed by atoms with van der Waals surface area (Å²) in [4.78, 5) is 11.9. The van der Waals surface area contributed by atoms with Gasteiger partial charge in [-0.3, -0.25) is 4.79 Å². The first-order valence-electron chi connectivity index (χ1n) is 5.60. The van der Waals surface area contributed by atoms with Crippen LogP contribution in [-0.4, -0.2) is 24.2 Å². The summed E-state index contributed by atoms with van der Waals surface area (Å²) in [5, 5.41) is 11.8. The van der Waals surface area contributed by atoms with Crippen LogP contribution in [0.3, 0.4) is 0 Å². The van der Waals surface area contributed by atoms with Crippen LogP contribution in [0.2, 0.25) is 0 Å². The highest BCUT2D eigenvalue weighted by Crippen LogP contribution is 2.19. The maximum absolute atomic E-state index is 11.9. The van der Waals surface area contributed by atoms with Crippen LogP contribution in [0.4, 0.5) is 0 Å². The molecule has 1 amide bonds. The standard InChI is InChI=1S/C13H18BrNO2/c1-13(2,7-8-16)9-15-12(17)10-5-3-4-6-11(10)14/h3-6,16H,7-9H2,1-2H3,(H,15,17). The number of amides is 1. The lowest BCUT2D eigenvalue weighted by Gasteiger charge is -2.23. The monoisotopic (exact) mass is 299 g/mol. The van der Waals surface area contributed by atoms with Gasteiger partial charge in [0.2, 0.25) is 0 Å². The molecule has 0 heterocycles. The van der Waals surface area contributed by atoms with E-state index in [1.54, 1.807) is 6.07 Å². The van der Waals surface area contributed by atoms with E-state index >= 15 is 0 Å². The zero-order valence-electron chi connectivity index (χ0n) is 10.2. The molecule has 0 bridgehead atoms. The van der Waals surface area contributed by atoms with E-state index in [1.165, 1.54) is 0 Å². The molecule has 3 nitrogen and oxygen atoms in total. The molecule has 0 saturated heterocycles. The fourth-order valence-corrected chi connectivity index (χ4v) is 1.92. The average Bonchev–Trinajstić information content (AvgIpc) is 2.27. The van der Waals surface area contributed by atoms with Gasteiger partial charge in [-0.1, -0.05) is 26.0 Å². The van der Waals surface area contributed by atoms with E-state index in [1.807, 2.05) is 32.0 Å². The van der Waals surface area contributed by atoms with Crippen LogP contribution in [0.15, 0.2) is 28.7 Å². The molecule has 0 spiro atoms. The van der Waals surface area contributed by atoms with Gasteiger partial charge in [0.15, 0.2) is 0 Å². The Balaban J connectivity index is 2.59. The molecule has 4 heteroatoms. The zero-order valence-corrected chi connectivity index (χ0v) is 11.8. The largest absolute Gasteiger partial charge is 0.396 e. The van der Waals surface area contributed by atoms with Gasteiger partial charge in [0, 0.05) is 17.6 Å². The van der Waals surface area contributed by atoms with Gasteiger partial charge in [0.25, 0.3) is 5.91 Å². The molecule has 0 unspecified atom stereocenters. The number of benzene rings is 1. The lowest BCUT2D eigenvalue weighted by molar-refractivity contribution is 0.0927. The SMILES string of the molecule is CC(C)(CCO)CNC(=O)c1ccccc1Br. The van der Waals surface area contributed by atoms with Gasteiger partial charge in [-0.2, -0.15) is 0 Å². The van der Waals surface area contributed by atoms with Crippen LogP contribution in [0.5, 0.6) is 0 Å². The van der Waals surface area contributed by atoms with Crippen molar-refractivity contribution in [3.05, 3.63) is 34.3 Å². The van der Waals surface area contributed by atoms with Gasteiger partial charge in [-0.15, -0.1) is 0 Å². The van der Waals surface area contributed by atoms with E-state index in [4.69, 9.17) is 5.11 Å². The van der Waals surface area contributed by atoms with Crippen LogP contribution in [0, 0.1) is 5.41 Å². The Morgan fingerprint density at radius 2 is 2.06 bits per heavy atom. The van der Waals surface area contributed by atoms with Gasteiger partial charge < -0.3 is 10.4 Å². The average molecular weight is 300 g/mol. The third-order valence-electron chi connectivity index (χ3n) is 2.63. The van der Waals surface area contributed by atoms with Crippen LogP contribution in [0.1, 0.15) is 30.6 Å². The summed E-state index contributed by atoms with van der Waals surface area (Å²) in [6.07, 6.45) is 0.670. The van der Waals surface area contributed by atoms with Crippen molar-refractivity contribution in [2.45, 2.75) is 20.3 Å². The molecule has 1 aromatic rings. The summed E-state index contributed by atoms with van der Waals surface area (Å²) < 4.78 is 0.789. The van der Waals surface area contributed by atoms with Crippen LogP contribution in [-0.2, 0) is 0 Å². The number of rotatable bonds is 5. The maximum Gasteiger partial charge on any atom is 0.252 e.